The van der Waals surface area contributed by atoms with Crippen LogP contribution in [0.2, 0.25) is 0 Å². The number of carbonyl (C=O) groups is 1. The molecule has 24 heavy (non-hydrogen) atoms. The summed E-state index contributed by atoms with van der Waals surface area (Å²) >= 11 is 1.61. The van der Waals surface area contributed by atoms with Crippen LogP contribution in [0.1, 0.15) is 5.89 Å². The number of amides is 1. The molecule has 0 atom stereocenters. The molecule has 0 aliphatic rings. The minimum absolute atomic E-state index is 0.0601. The van der Waals surface area contributed by atoms with Crippen LogP contribution < -0.4 is 5.32 Å². The summed E-state index contributed by atoms with van der Waals surface area (Å²) in [6.45, 7) is 0.744. The summed E-state index contributed by atoms with van der Waals surface area (Å²) in [6.07, 6.45) is 1.99. The van der Waals surface area contributed by atoms with Crippen molar-refractivity contribution in [1.82, 2.24) is 9.88 Å². The first-order valence-corrected chi connectivity index (χ1v) is 8.84. The van der Waals surface area contributed by atoms with Gasteiger partial charge in [0.2, 0.25) is 11.8 Å². The van der Waals surface area contributed by atoms with E-state index in [-0.39, 0.29) is 12.5 Å². The maximum atomic E-state index is 12.2. The minimum Gasteiger partial charge on any atom is -0.439 e. The summed E-state index contributed by atoms with van der Waals surface area (Å²) in [5.41, 5.74) is 2.43. The third-order valence-corrected chi connectivity index (χ3v) is 4.33. The van der Waals surface area contributed by atoms with Gasteiger partial charge in [0.15, 0.2) is 5.58 Å². The van der Waals surface area contributed by atoms with Crippen molar-refractivity contribution in [1.29, 1.82) is 0 Å². The summed E-state index contributed by atoms with van der Waals surface area (Å²) in [5.74, 6) is 0.547. The Kier molecular flexibility index (Phi) is 5.17. The van der Waals surface area contributed by atoms with Gasteiger partial charge in [0.1, 0.15) is 5.52 Å². The molecule has 3 aromatic rings. The molecule has 0 spiro atoms. The number of hydrogen-bond acceptors (Lipinski definition) is 5. The number of para-hydroxylation sites is 3. The van der Waals surface area contributed by atoms with Gasteiger partial charge >= 0.3 is 0 Å². The van der Waals surface area contributed by atoms with E-state index in [2.05, 4.69) is 10.3 Å². The van der Waals surface area contributed by atoms with Crippen LogP contribution >= 0.6 is 11.8 Å². The summed E-state index contributed by atoms with van der Waals surface area (Å²) < 4.78 is 5.69. The van der Waals surface area contributed by atoms with E-state index >= 15 is 0 Å². The highest BCUT2D eigenvalue weighted by Crippen LogP contribution is 2.24. The van der Waals surface area contributed by atoms with E-state index in [0.717, 1.165) is 21.7 Å². The highest BCUT2D eigenvalue weighted by atomic mass is 32.2. The number of aromatic nitrogens is 1. The predicted molar refractivity (Wildman–Crippen MR) is 97.2 cm³/mol. The minimum atomic E-state index is -0.0601. The largest absolute Gasteiger partial charge is 0.439 e. The second-order valence-corrected chi connectivity index (χ2v) is 6.34. The maximum Gasteiger partial charge on any atom is 0.238 e. The molecule has 0 bridgehead atoms. The van der Waals surface area contributed by atoms with Crippen LogP contribution in [-0.4, -0.2) is 35.6 Å². The van der Waals surface area contributed by atoms with Crippen molar-refractivity contribution in [3.63, 3.8) is 0 Å². The fourth-order valence-electron chi connectivity index (χ4n) is 2.46. The summed E-state index contributed by atoms with van der Waals surface area (Å²) in [4.78, 5) is 19.6. The van der Waals surface area contributed by atoms with Crippen LogP contribution in [0, 0.1) is 0 Å². The van der Waals surface area contributed by atoms with Gasteiger partial charge in [-0.05, 0) is 37.6 Å². The molecular formula is C18H19N3O2S. The lowest BCUT2D eigenvalue weighted by Crippen LogP contribution is -2.30. The number of hydrogen-bond donors (Lipinski definition) is 1. The first-order chi connectivity index (χ1) is 11.7. The second-order valence-electron chi connectivity index (χ2n) is 5.50. The molecule has 6 heteroatoms. The number of thioether (sulfide) groups is 1. The Morgan fingerprint density at radius 1 is 1.21 bits per heavy atom. The van der Waals surface area contributed by atoms with Crippen LogP contribution in [-0.2, 0) is 11.3 Å². The molecule has 0 saturated carbocycles. The van der Waals surface area contributed by atoms with Gasteiger partial charge in [-0.2, -0.15) is 0 Å². The predicted octanol–water partition coefficient (Wildman–Crippen LogP) is 3.62. The number of fused-ring (bicyclic) bond motifs is 1. The molecular weight excluding hydrogens is 322 g/mol. The van der Waals surface area contributed by atoms with Gasteiger partial charge in [-0.1, -0.05) is 24.3 Å². The van der Waals surface area contributed by atoms with Crippen LogP contribution in [0.15, 0.2) is 57.8 Å². The third kappa shape index (κ3) is 3.96. The Morgan fingerprint density at radius 2 is 1.96 bits per heavy atom. The lowest BCUT2D eigenvalue weighted by Gasteiger charge is -2.15. The third-order valence-electron chi connectivity index (χ3n) is 3.54. The smallest absolute Gasteiger partial charge is 0.238 e. The molecule has 0 radical (unpaired) electrons. The van der Waals surface area contributed by atoms with Gasteiger partial charge in [-0.15, -0.1) is 11.8 Å². The Bertz CT molecular complexity index is 814. The second kappa shape index (κ2) is 7.51. The molecule has 124 valence electrons. The normalized spacial score (nSPS) is 11.1. The molecule has 0 aliphatic carbocycles. The van der Waals surface area contributed by atoms with Gasteiger partial charge in [0.05, 0.1) is 18.8 Å². The van der Waals surface area contributed by atoms with Crippen molar-refractivity contribution in [3.05, 3.63) is 54.4 Å². The van der Waals surface area contributed by atoms with Crippen LogP contribution in [0.3, 0.4) is 0 Å². The zero-order chi connectivity index (χ0) is 16.9. The molecule has 1 heterocycles. The highest BCUT2D eigenvalue weighted by molar-refractivity contribution is 7.98. The van der Waals surface area contributed by atoms with Crippen molar-refractivity contribution in [2.75, 3.05) is 25.2 Å². The maximum absolute atomic E-state index is 12.2. The molecule has 1 aromatic heterocycles. The zero-order valence-electron chi connectivity index (χ0n) is 13.7. The molecule has 0 fully saturated rings. The fraction of sp³-hybridized carbons (Fsp3) is 0.222. The molecule has 5 nitrogen and oxygen atoms in total. The number of oxazole rings is 1. The Balaban J connectivity index is 1.59. The van der Waals surface area contributed by atoms with E-state index in [1.807, 2.05) is 66.7 Å². The monoisotopic (exact) mass is 341 g/mol. The van der Waals surface area contributed by atoms with Gasteiger partial charge < -0.3 is 9.73 Å². The molecule has 3 rings (SSSR count). The zero-order valence-corrected chi connectivity index (χ0v) is 14.5. The Labute approximate surface area is 145 Å². The topological polar surface area (TPSA) is 58.4 Å². The van der Waals surface area contributed by atoms with Crippen molar-refractivity contribution >= 4 is 34.5 Å². The Morgan fingerprint density at radius 3 is 2.75 bits per heavy atom. The number of nitrogens with one attached hydrogen (secondary N) is 1. The van der Waals surface area contributed by atoms with Gasteiger partial charge in [-0.25, -0.2) is 4.98 Å². The molecule has 0 aliphatic heterocycles. The van der Waals surface area contributed by atoms with Crippen molar-refractivity contribution < 1.29 is 9.21 Å². The van der Waals surface area contributed by atoms with E-state index < -0.39 is 0 Å². The van der Waals surface area contributed by atoms with E-state index in [0.29, 0.717) is 12.4 Å². The highest BCUT2D eigenvalue weighted by Gasteiger charge is 2.12. The lowest BCUT2D eigenvalue weighted by atomic mass is 10.3. The standard InChI is InChI=1S/C18H19N3O2S/c1-21(12-18-20-13-7-3-5-9-15(13)23-18)11-17(22)19-14-8-4-6-10-16(14)24-2/h3-10H,11-12H2,1-2H3,(H,19,22). The van der Waals surface area contributed by atoms with E-state index in [1.165, 1.54) is 0 Å². The lowest BCUT2D eigenvalue weighted by molar-refractivity contribution is -0.117. The van der Waals surface area contributed by atoms with Gasteiger partial charge in [0, 0.05) is 4.90 Å². The summed E-state index contributed by atoms with van der Waals surface area (Å²) in [5, 5.41) is 2.95. The average Bonchev–Trinajstić information content (AvgIpc) is 2.97. The molecule has 0 saturated heterocycles. The molecule has 1 amide bonds. The van der Waals surface area contributed by atoms with Crippen LogP contribution in [0.5, 0.6) is 0 Å². The average molecular weight is 341 g/mol. The van der Waals surface area contributed by atoms with Gasteiger partial charge in [-0.3, -0.25) is 9.69 Å². The summed E-state index contributed by atoms with van der Waals surface area (Å²) in [6, 6.07) is 15.4. The fourth-order valence-corrected chi connectivity index (χ4v) is 3.01. The van der Waals surface area contributed by atoms with Crippen molar-refractivity contribution in [2.45, 2.75) is 11.4 Å². The SMILES string of the molecule is CSc1ccccc1NC(=O)CN(C)Cc1nc2ccccc2o1. The number of carbonyl (C=O) groups excluding carboxylic acids is 1. The van der Waals surface area contributed by atoms with Crippen LogP contribution in [0.4, 0.5) is 5.69 Å². The number of nitrogens with zero attached hydrogens (tertiary/aromatic N) is 2. The van der Waals surface area contributed by atoms with E-state index in [4.69, 9.17) is 4.42 Å². The quantitative estimate of drug-likeness (QED) is 0.694. The van der Waals surface area contributed by atoms with Crippen LogP contribution in [0.25, 0.3) is 11.1 Å². The molecule has 0 unspecified atom stereocenters. The number of benzene rings is 2. The van der Waals surface area contributed by atoms with Gasteiger partial charge in [0.25, 0.3) is 0 Å². The van der Waals surface area contributed by atoms with E-state index in [1.54, 1.807) is 11.8 Å². The summed E-state index contributed by atoms with van der Waals surface area (Å²) in [7, 11) is 1.87. The first kappa shape index (κ1) is 16.5. The Hall–Kier alpha value is -2.31. The number of rotatable bonds is 6. The number of anilines is 1. The van der Waals surface area contributed by atoms with Crippen molar-refractivity contribution in [2.24, 2.45) is 0 Å². The van der Waals surface area contributed by atoms with E-state index in [9.17, 15) is 4.79 Å². The first-order valence-electron chi connectivity index (χ1n) is 7.61. The molecule has 1 N–H and O–H groups in total. The number of likely N-dealkylation sites (N-methyl/N-ethyl adjacent to an activating group) is 1. The van der Waals surface area contributed by atoms with Crippen molar-refractivity contribution in [3.8, 4) is 0 Å². The molecule has 2 aromatic carbocycles.